The maximum Gasteiger partial charge on any atom is 0.137 e. The fraction of sp³-hybridized carbons (Fsp3) is 0.650. The molecule has 118 valence electrons. The van der Waals surface area contributed by atoms with E-state index in [0.717, 1.165) is 32.1 Å². The Kier molecular flexibility index (Phi) is 7.71. The van der Waals surface area contributed by atoms with Crippen molar-refractivity contribution < 1.29 is 4.79 Å². The predicted octanol–water partition coefficient (Wildman–Crippen LogP) is 6.02. The molecule has 1 unspecified atom stereocenters. The van der Waals surface area contributed by atoms with Crippen LogP contribution in [0.1, 0.15) is 73.1 Å². The molecule has 0 aromatic rings. The minimum Gasteiger partial charge on any atom is -0.299 e. The maximum atomic E-state index is 12.1. The first-order valence-electron chi connectivity index (χ1n) is 8.42. The summed E-state index contributed by atoms with van der Waals surface area (Å²) in [7, 11) is 0. The number of hydrogen-bond donors (Lipinski definition) is 0. The molecular weight excluding hydrogens is 256 g/mol. The first-order valence-corrected chi connectivity index (χ1v) is 8.42. The third-order valence-corrected chi connectivity index (χ3v) is 4.34. The Hall–Kier alpha value is -1.11. The molecule has 0 spiro atoms. The summed E-state index contributed by atoms with van der Waals surface area (Å²) in [6.07, 6.45) is 12.6. The number of ketones is 1. The van der Waals surface area contributed by atoms with Crippen LogP contribution in [-0.4, -0.2) is 5.78 Å². The van der Waals surface area contributed by atoms with E-state index in [2.05, 4.69) is 52.8 Å². The van der Waals surface area contributed by atoms with Gasteiger partial charge in [-0.05, 0) is 51.4 Å². The molecule has 0 radical (unpaired) electrons. The van der Waals surface area contributed by atoms with Crippen molar-refractivity contribution in [2.45, 2.75) is 73.1 Å². The summed E-state index contributed by atoms with van der Waals surface area (Å²) in [6.45, 7) is 11.0. The van der Waals surface area contributed by atoms with Gasteiger partial charge in [0.15, 0.2) is 0 Å². The zero-order valence-corrected chi connectivity index (χ0v) is 14.5. The van der Waals surface area contributed by atoms with E-state index in [-0.39, 0.29) is 0 Å². The molecule has 0 fully saturated rings. The van der Waals surface area contributed by atoms with Crippen LogP contribution in [0.15, 0.2) is 34.9 Å². The average molecular weight is 288 g/mol. The minimum absolute atomic E-state index is 0.383. The summed E-state index contributed by atoms with van der Waals surface area (Å²) in [6, 6.07) is 0. The molecule has 0 amide bonds. The SMILES string of the molecule is C/C1=C/C=C(/C(C)C)CC/C(C)=C/CCC(C)CC(=O)C1. The molecule has 0 aromatic carbocycles. The van der Waals surface area contributed by atoms with E-state index in [1.165, 1.54) is 16.7 Å². The highest BCUT2D eigenvalue weighted by Crippen LogP contribution is 2.22. The van der Waals surface area contributed by atoms with Crippen molar-refractivity contribution in [2.75, 3.05) is 0 Å². The molecule has 0 saturated heterocycles. The summed E-state index contributed by atoms with van der Waals surface area (Å²) in [5.41, 5.74) is 4.16. The van der Waals surface area contributed by atoms with Gasteiger partial charge in [-0.15, -0.1) is 0 Å². The van der Waals surface area contributed by atoms with E-state index in [1.807, 2.05) is 0 Å². The normalized spacial score (nSPS) is 30.7. The molecule has 1 heteroatoms. The Morgan fingerprint density at radius 3 is 2.48 bits per heavy atom. The monoisotopic (exact) mass is 288 g/mol. The summed E-state index contributed by atoms with van der Waals surface area (Å²) in [5.74, 6) is 1.46. The van der Waals surface area contributed by atoms with Gasteiger partial charge < -0.3 is 0 Å². The molecule has 1 aliphatic carbocycles. The molecule has 1 nitrogen and oxygen atoms in total. The number of hydrogen-bond acceptors (Lipinski definition) is 1. The van der Waals surface area contributed by atoms with Crippen LogP contribution in [0.4, 0.5) is 0 Å². The Bertz CT molecular complexity index is 435. The molecule has 1 rings (SSSR count). The Morgan fingerprint density at radius 2 is 1.81 bits per heavy atom. The average Bonchev–Trinajstić information content (AvgIpc) is 2.36. The molecule has 0 heterocycles. The standard InChI is InChI=1S/C20H32O/c1-15(2)19-11-9-16(3)7-6-8-17(4)13-20(21)14-18(5)10-12-19/h7,10,12,15,17H,6,8-9,11,13-14H2,1-5H3/b16-7+,18-10-,19-12+. The molecule has 0 bridgehead atoms. The topological polar surface area (TPSA) is 17.1 Å². The van der Waals surface area contributed by atoms with Crippen LogP contribution in [0.2, 0.25) is 0 Å². The first-order chi connectivity index (χ1) is 9.88. The van der Waals surface area contributed by atoms with Crippen molar-refractivity contribution in [1.82, 2.24) is 0 Å². The predicted molar refractivity (Wildman–Crippen MR) is 92.3 cm³/mol. The first kappa shape index (κ1) is 17.9. The van der Waals surface area contributed by atoms with Crippen molar-refractivity contribution in [3.63, 3.8) is 0 Å². The van der Waals surface area contributed by atoms with Gasteiger partial charge in [0.2, 0.25) is 0 Å². The van der Waals surface area contributed by atoms with E-state index in [9.17, 15) is 4.79 Å². The van der Waals surface area contributed by atoms with Crippen LogP contribution in [0.25, 0.3) is 0 Å². The highest BCUT2D eigenvalue weighted by molar-refractivity contribution is 5.80. The number of allylic oxidation sites excluding steroid dienone is 6. The van der Waals surface area contributed by atoms with Gasteiger partial charge in [-0.1, -0.05) is 55.7 Å². The molecule has 21 heavy (non-hydrogen) atoms. The maximum absolute atomic E-state index is 12.1. The lowest BCUT2D eigenvalue weighted by Crippen LogP contribution is -2.06. The fourth-order valence-corrected chi connectivity index (χ4v) is 2.80. The fourth-order valence-electron chi connectivity index (χ4n) is 2.80. The van der Waals surface area contributed by atoms with Crippen LogP contribution in [0.3, 0.4) is 0 Å². The second-order valence-electron chi connectivity index (χ2n) is 7.06. The third kappa shape index (κ3) is 7.45. The van der Waals surface area contributed by atoms with Crippen LogP contribution < -0.4 is 0 Å². The van der Waals surface area contributed by atoms with Gasteiger partial charge in [-0.25, -0.2) is 0 Å². The van der Waals surface area contributed by atoms with E-state index >= 15 is 0 Å². The number of rotatable bonds is 1. The summed E-state index contributed by atoms with van der Waals surface area (Å²) < 4.78 is 0. The van der Waals surface area contributed by atoms with Crippen molar-refractivity contribution in [3.05, 3.63) is 34.9 Å². The molecule has 0 aromatic heterocycles. The Balaban J connectivity index is 2.91. The summed E-state index contributed by atoms with van der Waals surface area (Å²) in [5, 5.41) is 0. The van der Waals surface area contributed by atoms with Crippen LogP contribution >= 0.6 is 0 Å². The van der Waals surface area contributed by atoms with Gasteiger partial charge in [0.05, 0.1) is 0 Å². The Labute approximate surface area is 131 Å². The highest BCUT2D eigenvalue weighted by Gasteiger charge is 2.10. The van der Waals surface area contributed by atoms with Gasteiger partial charge in [-0.3, -0.25) is 4.79 Å². The second-order valence-corrected chi connectivity index (χ2v) is 7.06. The van der Waals surface area contributed by atoms with Crippen LogP contribution in [0.5, 0.6) is 0 Å². The molecule has 0 aliphatic heterocycles. The van der Waals surface area contributed by atoms with E-state index < -0.39 is 0 Å². The lowest BCUT2D eigenvalue weighted by atomic mass is 9.92. The van der Waals surface area contributed by atoms with Gasteiger partial charge in [0, 0.05) is 12.8 Å². The van der Waals surface area contributed by atoms with Crippen molar-refractivity contribution in [2.24, 2.45) is 11.8 Å². The quantitative estimate of drug-likeness (QED) is 0.539. The smallest absolute Gasteiger partial charge is 0.137 e. The van der Waals surface area contributed by atoms with Crippen LogP contribution in [-0.2, 0) is 4.79 Å². The summed E-state index contributed by atoms with van der Waals surface area (Å²) >= 11 is 0. The molecule has 0 saturated carbocycles. The number of carbonyl (C=O) groups is 1. The van der Waals surface area contributed by atoms with Gasteiger partial charge >= 0.3 is 0 Å². The van der Waals surface area contributed by atoms with E-state index in [1.54, 1.807) is 0 Å². The van der Waals surface area contributed by atoms with Crippen LogP contribution in [0, 0.1) is 11.8 Å². The number of carbonyl (C=O) groups excluding carboxylic acids is 1. The molecular formula is C20H32O. The highest BCUT2D eigenvalue weighted by atomic mass is 16.1. The Morgan fingerprint density at radius 1 is 1.10 bits per heavy atom. The second kappa shape index (κ2) is 9.02. The van der Waals surface area contributed by atoms with Gasteiger partial charge in [-0.2, -0.15) is 0 Å². The largest absolute Gasteiger partial charge is 0.299 e. The molecule has 1 atom stereocenters. The zero-order chi connectivity index (χ0) is 15.8. The van der Waals surface area contributed by atoms with Crippen molar-refractivity contribution in [3.8, 4) is 0 Å². The van der Waals surface area contributed by atoms with Crippen molar-refractivity contribution >= 4 is 5.78 Å². The van der Waals surface area contributed by atoms with Gasteiger partial charge in [0.1, 0.15) is 5.78 Å². The lowest BCUT2D eigenvalue weighted by Gasteiger charge is -2.13. The van der Waals surface area contributed by atoms with Gasteiger partial charge in [0.25, 0.3) is 0 Å². The minimum atomic E-state index is 0.383. The molecule has 0 N–H and O–H groups in total. The van der Waals surface area contributed by atoms with Crippen molar-refractivity contribution in [1.29, 1.82) is 0 Å². The van der Waals surface area contributed by atoms with E-state index in [4.69, 9.17) is 0 Å². The summed E-state index contributed by atoms with van der Waals surface area (Å²) in [4.78, 5) is 12.1. The third-order valence-electron chi connectivity index (χ3n) is 4.34. The number of Topliss-reactive ketones (excluding diaryl/α,β-unsaturated/α-hetero) is 1. The van der Waals surface area contributed by atoms with E-state index in [0.29, 0.717) is 24.0 Å². The molecule has 1 aliphatic rings. The lowest BCUT2D eigenvalue weighted by molar-refractivity contribution is -0.119. The zero-order valence-electron chi connectivity index (χ0n) is 14.5.